The molecule has 9 nitrogen and oxygen atoms in total. The number of carbonyl (C=O) groups is 2. The molecule has 1 amide bonds. The topological polar surface area (TPSA) is 152 Å². The van der Waals surface area contributed by atoms with Gasteiger partial charge in [0.25, 0.3) is 0 Å². The lowest BCUT2D eigenvalue weighted by atomic mass is 9.69. The molecule has 1 atom stereocenters. The highest BCUT2D eigenvalue weighted by atomic mass is 32.2. The average Bonchev–Trinajstić information content (AvgIpc) is 3.19. The predicted molar refractivity (Wildman–Crippen MR) is 121 cm³/mol. The maximum Gasteiger partial charge on any atom is 0.227 e. The molecule has 2 aliphatic rings. The summed E-state index contributed by atoms with van der Waals surface area (Å²) in [5, 5.41) is 18.8. The second-order valence-corrected chi connectivity index (χ2v) is 10.6. The Hall–Kier alpha value is -3.23. The van der Waals surface area contributed by atoms with Gasteiger partial charge in [-0.25, -0.2) is 0 Å². The van der Waals surface area contributed by atoms with Crippen LogP contribution in [0.1, 0.15) is 38.2 Å². The number of thioether (sulfide) groups is 1. The fraction of sp³-hybridized carbons (Fsp3) is 0.333. The van der Waals surface area contributed by atoms with E-state index in [0.717, 1.165) is 11.3 Å². The molecule has 0 fully saturated rings. The summed E-state index contributed by atoms with van der Waals surface area (Å²) >= 11 is 2.41. The molecular weight excluding hydrogens is 446 g/mol. The molecule has 2 aromatic heterocycles. The van der Waals surface area contributed by atoms with Crippen LogP contribution >= 0.6 is 23.1 Å². The van der Waals surface area contributed by atoms with Gasteiger partial charge in [-0.15, -0.1) is 10.2 Å². The van der Waals surface area contributed by atoms with Gasteiger partial charge in [0.1, 0.15) is 5.82 Å². The molecule has 11 heteroatoms. The van der Waals surface area contributed by atoms with Gasteiger partial charge in [-0.1, -0.05) is 43.0 Å². The first-order valence-corrected chi connectivity index (χ1v) is 11.6. The van der Waals surface area contributed by atoms with Gasteiger partial charge < -0.3 is 11.5 Å². The molecule has 4 N–H and O–H groups in total. The number of anilines is 1. The molecule has 2 aromatic rings. The van der Waals surface area contributed by atoms with Crippen LogP contribution < -0.4 is 16.4 Å². The molecule has 164 valence electrons. The van der Waals surface area contributed by atoms with Crippen LogP contribution in [0.3, 0.4) is 0 Å². The first-order valence-electron chi connectivity index (χ1n) is 9.82. The van der Waals surface area contributed by atoms with Crippen LogP contribution in [-0.2, 0) is 9.59 Å². The molecular formula is C21H21N7O2S2. The third kappa shape index (κ3) is 3.99. The Morgan fingerprint density at radius 2 is 2.19 bits per heavy atom. The highest BCUT2D eigenvalue weighted by Gasteiger charge is 2.45. The summed E-state index contributed by atoms with van der Waals surface area (Å²) in [7, 11) is 0. The zero-order valence-electron chi connectivity index (χ0n) is 17.5. The van der Waals surface area contributed by atoms with E-state index in [1.54, 1.807) is 23.4 Å². The highest BCUT2D eigenvalue weighted by Crippen LogP contribution is 2.50. The van der Waals surface area contributed by atoms with Gasteiger partial charge in [0.15, 0.2) is 10.1 Å². The number of nitrogens with zero attached hydrogens (tertiary/aromatic N) is 5. The van der Waals surface area contributed by atoms with E-state index >= 15 is 0 Å². The van der Waals surface area contributed by atoms with Crippen molar-refractivity contribution in [3.8, 4) is 6.07 Å². The standard InChI is InChI=1S/C21H21N7O2S2/c1-21(2)6-13-17(14(29)7-21)16(11-4-3-5-25-9-11)12(8-22)18(24)28(13)19-26-27-20(32-19)31-10-15(23)30/h3-5,9,16H,6-7,10,24H2,1-2H3,(H2,23,30). The third-order valence-electron chi connectivity index (χ3n) is 5.32. The highest BCUT2D eigenvalue weighted by molar-refractivity contribution is 8.01. The Balaban J connectivity index is 1.88. The van der Waals surface area contributed by atoms with Crippen molar-refractivity contribution < 1.29 is 9.59 Å². The molecule has 32 heavy (non-hydrogen) atoms. The number of ketones is 1. The normalized spacial score (nSPS) is 20.2. The number of Topliss-reactive ketones (excluding diaryl/α,β-unsaturated/α-hetero) is 1. The van der Waals surface area contributed by atoms with Crippen molar-refractivity contribution in [2.24, 2.45) is 16.9 Å². The number of nitriles is 1. The van der Waals surface area contributed by atoms with Gasteiger partial charge in [-0.3, -0.25) is 19.5 Å². The minimum absolute atomic E-state index is 0.0248. The maximum atomic E-state index is 13.4. The van der Waals surface area contributed by atoms with Gasteiger partial charge in [0.05, 0.1) is 23.3 Å². The molecule has 1 aliphatic carbocycles. The fourth-order valence-corrected chi connectivity index (χ4v) is 5.71. The summed E-state index contributed by atoms with van der Waals surface area (Å²) in [6.07, 6.45) is 4.25. The Labute approximate surface area is 193 Å². The molecule has 0 aromatic carbocycles. The van der Waals surface area contributed by atoms with Crippen LogP contribution in [0, 0.1) is 16.7 Å². The first-order chi connectivity index (χ1) is 15.2. The number of allylic oxidation sites excluding steroid dienone is 3. The summed E-state index contributed by atoms with van der Waals surface area (Å²) in [4.78, 5) is 30.4. The van der Waals surface area contributed by atoms with Gasteiger partial charge in [-0.05, 0) is 23.5 Å². The van der Waals surface area contributed by atoms with Gasteiger partial charge in [0, 0.05) is 30.1 Å². The number of pyridine rings is 1. The second kappa shape index (κ2) is 8.37. The Morgan fingerprint density at radius 3 is 2.84 bits per heavy atom. The van der Waals surface area contributed by atoms with Gasteiger partial charge >= 0.3 is 0 Å². The SMILES string of the molecule is CC1(C)CC(=O)C2=C(C1)N(c1nnc(SCC(N)=O)s1)C(N)=C(C#N)C2c1cccnc1. The Morgan fingerprint density at radius 1 is 1.41 bits per heavy atom. The Bertz CT molecular complexity index is 1190. The first kappa shape index (κ1) is 22.0. The smallest absolute Gasteiger partial charge is 0.227 e. The number of primary amides is 1. The van der Waals surface area contributed by atoms with Crippen molar-refractivity contribution in [1.82, 2.24) is 15.2 Å². The number of hydrogen-bond donors (Lipinski definition) is 2. The number of hydrogen-bond acceptors (Lipinski definition) is 10. The molecule has 0 bridgehead atoms. The van der Waals surface area contributed by atoms with Crippen molar-refractivity contribution >= 4 is 39.9 Å². The monoisotopic (exact) mass is 467 g/mol. The molecule has 0 saturated carbocycles. The van der Waals surface area contributed by atoms with E-state index in [-0.39, 0.29) is 28.3 Å². The van der Waals surface area contributed by atoms with Crippen LogP contribution in [0.25, 0.3) is 0 Å². The molecule has 3 heterocycles. The number of carbonyl (C=O) groups excluding carboxylic acids is 2. The van der Waals surface area contributed by atoms with Crippen molar-refractivity contribution in [2.45, 2.75) is 36.9 Å². The van der Waals surface area contributed by atoms with Crippen molar-refractivity contribution in [2.75, 3.05) is 10.7 Å². The summed E-state index contributed by atoms with van der Waals surface area (Å²) < 4.78 is 0.544. The second-order valence-electron chi connectivity index (χ2n) is 8.37. The Kier molecular flexibility index (Phi) is 5.75. The largest absolute Gasteiger partial charge is 0.384 e. The van der Waals surface area contributed by atoms with E-state index in [4.69, 9.17) is 11.5 Å². The van der Waals surface area contributed by atoms with Gasteiger partial charge in [0.2, 0.25) is 11.0 Å². The molecule has 1 unspecified atom stereocenters. The zero-order valence-corrected chi connectivity index (χ0v) is 19.2. The lowest BCUT2D eigenvalue weighted by Crippen LogP contribution is -2.42. The fourth-order valence-electron chi connectivity index (χ4n) is 4.09. The third-order valence-corrected chi connectivity index (χ3v) is 7.39. The molecule has 1 aliphatic heterocycles. The molecule has 4 rings (SSSR count). The lowest BCUT2D eigenvalue weighted by Gasteiger charge is -2.42. The summed E-state index contributed by atoms with van der Waals surface area (Å²) in [6, 6.07) is 5.83. The van der Waals surface area contributed by atoms with E-state index in [1.165, 1.54) is 23.1 Å². The predicted octanol–water partition coefficient (Wildman–Crippen LogP) is 2.45. The number of aromatic nitrogens is 3. The van der Waals surface area contributed by atoms with E-state index in [0.29, 0.717) is 27.9 Å². The van der Waals surface area contributed by atoms with E-state index in [9.17, 15) is 14.9 Å². The molecule has 0 saturated heterocycles. The zero-order chi connectivity index (χ0) is 23.0. The quantitative estimate of drug-likeness (QED) is 0.631. The summed E-state index contributed by atoms with van der Waals surface area (Å²) in [5.74, 6) is -0.775. The average molecular weight is 468 g/mol. The number of rotatable bonds is 5. The van der Waals surface area contributed by atoms with Crippen LogP contribution in [0.5, 0.6) is 0 Å². The summed E-state index contributed by atoms with van der Waals surface area (Å²) in [6.45, 7) is 4.06. The van der Waals surface area contributed by atoms with Gasteiger partial charge in [-0.2, -0.15) is 5.26 Å². The van der Waals surface area contributed by atoms with Crippen LogP contribution in [-0.4, -0.2) is 32.6 Å². The summed E-state index contributed by atoms with van der Waals surface area (Å²) in [5.41, 5.74) is 13.8. The minimum Gasteiger partial charge on any atom is -0.384 e. The van der Waals surface area contributed by atoms with E-state index < -0.39 is 11.8 Å². The number of nitrogens with two attached hydrogens (primary N) is 2. The van der Waals surface area contributed by atoms with Crippen LogP contribution in [0.4, 0.5) is 5.13 Å². The molecule has 0 spiro atoms. The van der Waals surface area contributed by atoms with Crippen LogP contribution in [0.15, 0.2) is 51.5 Å². The minimum atomic E-state index is -0.583. The lowest BCUT2D eigenvalue weighted by molar-refractivity contribution is -0.118. The van der Waals surface area contributed by atoms with Crippen molar-refractivity contribution in [3.63, 3.8) is 0 Å². The van der Waals surface area contributed by atoms with E-state index in [1.807, 2.05) is 19.9 Å². The van der Waals surface area contributed by atoms with E-state index in [2.05, 4.69) is 21.3 Å². The van der Waals surface area contributed by atoms with Crippen molar-refractivity contribution in [3.05, 3.63) is 52.8 Å². The van der Waals surface area contributed by atoms with Crippen LogP contribution in [0.2, 0.25) is 0 Å². The molecule has 0 radical (unpaired) electrons. The number of amides is 1. The maximum absolute atomic E-state index is 13.4. The van der Waals surface area contributed by atoms with Crippen molar-refractivity contribution in [1.29, 1.82) is 5.26 Å².